The first-order valence-electron chi connectivity index (χ1n) is 9.08. The molecule has 0 radical (unpaired) electrons. The van der Waals surface area contributed by atoms with Crippen LogP contribution in [-0.4, -0.2) is 41.9 Å². The van der Waals surface area contributed by atoms with E-state index in [9.17, 15) is 14.0 Å². The number of ether oxygens (including phenoxy) is 1. The molecule has 1 saturated heterocycles. The van der Waals surface area contributed by atoms with Gasteiger partial charge in [0.15, 0.2) is 5.78 Å². The average molecular weight is 374 g/mol. The molecule has 3 rings (SSSR count). The van der Waals surface area contributed by atoms with Crippen LogP contribution in [0.4, 0.5) is 4.39 Å². The average Bonchev–Trinajstić information content (AvgIpc) is 3.07. The van der Waals surface area contributed by atoms with E-state index in [0.717, 1.165) is 0 Å². The maximum absolute atomic E-state index is 13.6. The molecule has 2 heterocycles. The summed E-state index contributed by atoms with van der Waals surface area (Å²) in [5, 5.41) is 3.94. The molecule has 2 aromatic rings. The molecular weight excluding hydrogens is 351 g/mol. The van der Waals surface area contributed by atoms with Crippen LogP contribution < -0.4 is 4.74 Å². The minimum atomic E-state index is -0.490. The summed E-state index contributed by atoms with van der Waals surface area (Å²) >= 11 is 0. The Kier molecular flexibility index (Phi) is 5.58. The van der Waals surface area contributed by atoms with Gasteiger partial charge in [0.2, 0.25) is 0 Å². The number of methoxy groups -OCH3 is 1. The zero-order chi connectivity index (χ0) is 19.6. The molecule has 1 amide bonds. The Labute approximate surface area is 157 Å². The molecule has 1 aliphatic rings. The Balaban J connectivity index is 1.82. The standard InChI is InChI=1S/C20H23FN2O4/c1-4-16-18(12(2)27-22-16)20(25)23-9-5-6-13(11-23)19(24)15-10-14(21)7-8-17(15)26-3/h7-8,10,13H,4-6,9,11H2,1-3H3/t13-/m0/s1. The second kappa shape index (κ2) is 7.90. The topological polar surface area (TPSA) is 72.6 Å². The van der Waals surface area contributed by atoms with Crippen molar-refractivity contribution < 1.29 is 23.2 Å². The molecule has 1 fully saturated rings. The molecule has 1 aliphatic heterocycles. The van der Waals surface area contributed by atoms with Crippen LogP contribution in [0.5, 0.6) is 5.75 Å². The highest BCUT2D eigenvalue weighted by Crippen LogP contribution is 2.28. The van der Waals surface area contributed by atoms with E-state index in [1.165, 1.54) is 25.3 Å². The van der Waals surface area contributed by atoms with Crippen LogP contribution in [0, 0.1) is 18.7 Å². The maximum atomic E-state index is 13.6. The van der Waals surface area contributed by atoms with Gasteiger partial charge in [0.25, 0.3) is 5.91 Å². The van der Waals surface area contributed by atoms with Crippen molar-refractivity contribution in [3.8, 4) is 5.75 Å². The number of piperidine rings is 1. The predicted molar refractivity (Wildman–Crippen MR) is 96.5 cm³/mol. The first-order valence-corrected chi connectivity index (χ1v) is 9.08. The van der Waals surface area contributed by atoms with Gasteiger partial charge in [-0.25, -0.2) is 4.39 Å². The molecule has 144 valence electrons. The van der Waals surface area contributed by atoms with Crippen LogP contribution in [-0.2, 0) is 6.42 Å². The number of aryl methyl sites for hydroxylation is 2. The van der Waals surface area contributed by atoms with Gasteiger partial charge < -0.3 is 14.2 Å². The summed E-state index contributed by atoms with van der Waals surface area (Å²) in [7, 11) is 1.45. The Morgan fingerprint density at radius 3 is 2.89 bits per heavy atom. The number of Topliss-reactive ketones (excluding diaryl/α,β-unsaturated/α-hetero) is 1. The van der Waals surface area contributed by atoms with Gasteiger partial charge in [-0.3, -0.25) is 9.59 Å². The van der Waals surface area contributed by atoms with Crippen molar-refractivity contribution in [2.45, 2.75) is 33.1 Å². The quantitative estimate of drug-likeness (QED) is 0.750. The van der Waals surface area contributed by atoms with Crippen LogP contribution in [0.25, 0.3) is 0 Å². The number of hydrogen-bond acceptors (Lipinski definition) is 5. The van der Waals surface area contributed by atoms with Crippen molar-refractivity contribution in [2.24, 2.45) is 5.92 Å². The van der Waals surface area contributed by atoms with E-state index in [0.29, 0.717) is 48.6 Å². The van der Waals surface area contributed by atoms with Crippen molar-refractivity contribution in [3.63, 3.8) is 0 Å². The van der Waals surface area contributed by atoms with Gasteiger partial charge in [-0.15, -0.1) is 0 Å². The zero-order valence-electron chi connectivity index (χ0n) is 15.8. The molecule has 1 aromatic carbocycles. The summed E-state index contributed by atoms with van der Waals surface area (Å²) in [5.41, 5.74) is 1.32. The minimum Gasteiger partial charge on any atom is -0.496 e. The van der Waals surface area contributed by atoms with Crippen LogP contribution in [0.1, 0.15) is 51.9 Å². The first-order chi connectivity index (χ1) is 13.0. The molecule has 0 saturated carbocycles. The molecular formula is C20H23FN2O4. The smallest absolute Gasteiger partial charge is 0.259 e. The van der Waals surface area contributed by atoms with Gasteiger partial charge in [0, 0.05) is 19.0 Å². The van der Waals surface area contributed by atoms with E-state index in [4.69, 9.17) is 9.26 Å². The molecule has 1 atom stereocenters. The highest BCUT2D eigenvalue weighted by atomic mass is 19.1. The van der Waals surface area contributed by atoms with E-state index in [-0.39, 0.29) is 23.8 Å². The largest absolute Gasteiger partial charge is 0.496 e. The molecule has 6 nitrogen and oxygen atoms in total. The summed E-state index contributed by atoms with van der Waals surface area (Å²) in [6.07, 6.45) is 1.94. The number of halogens is 1. The fourth-order valence-electron chi connectivity index (χ4n) is 3.56. The van der Waals surface area contributed by atoms with Crippen LogP contribution in [0.3, 0.4) is 0 Å². The lowest BCUT2D eigenvalue weighted by atomic mass is 9.89. The lowest BCUT2D eigenvalue weighted by Crippen LogP contribution is -2.42. The van der Waals surface area contributed by atoms with Gasteiger partial charge in [0.1, 0.15) is 22.9 Å². The molecule has 0 N–H and O–H groups in total. The van der Waals surface area contributed by atoms with E-state index in [1.54, 1.807) is 11.8 Å². The summed E-state index contributed by atoms with van der Waals surface area (Å²) in [5.74, 6) is -0.444. The number of carbonyl (C=O) groups excluding carboxylic acids is 2. The number of carbonyl (C=O) groups is 2. The normalized spacial score (nSPS) is 17.0. The number of benzene rings is 1. The Morgan fingerprint density at radius 1 is 1.41 bits per heavy atom. The summed E-state index contributed by atoms with van der Waals surface area (Å²) in [6, 6.07) is 3.90. The number of amides is 1. The third-order valence-corrected chi connectivity index (χ3v) is 4.99. The van der Waals surface area contributed by atoms with Gasteiger partial charge in [-0.2, -0.15) is 0 Å². The van der Waals surface area contributed by atoms with Crippen molar-refractivity contribution in [3.05, 3.63) is 46.6 Å². The predicted octanol–water partition coefficient (Wildman–Crippen LogP) is 3.43. The number of aromatic nitrogens is 1. The second-order valence-electron chi connectivity index (χ2n) is 6.71. The van der Waals surface area contributed by atoms with E-state index >= 15 is 0 Å². The van der Waals surface area contributed by atoms with Gasteiger partial charge in [-0.1, -0.05) is 12.1 Å². The summed E-state index contributed by atoms with van der Waals surface area (Å²) < 4.78 is 24.0. The van der Waals surface area contributed by atoms with Gasteiger partial charge in [-0.05, 0) is 44.4 Å². The van der Waals surface area contributed by atoms with Crippen LogP contribution in [0.2, 0.25) is 0 Å². The van der Waals surface area contributed by atoms with E-state index in [2.05, 4.69) is 5.16 Å². The Hall–Kier alpha value is -2.70. The summed E-state index contributed by atoms with van der Waals surface area (Å²) in [6.45, 7) is 4.47. The third-order valence-electron chi connectivity index (χ3n) is 4.99. The van der Waals surface area contributed by atoms with Gasteiger partial charge >= 0.3 is 0 Å². The first kappa shape index (κ1) is 19.1. The molecule has 27 heavy (non-hydrogen) atoms. The molecule has 0 aliphatic carbocycles. The Bertz CT molecular complexity index is 862. The molecule has 1 aromatic heterocycles. The third kappa shape index (κ3) is 3.72. The highest BCUT2D eigenvalue weighted by molar-refractivity contribution is 6.01. The highest BCUT2D eigenvalue weighted by Gasteiger charge is 2.33. The summed E-state index contributed by atoms with van der Waals surface area (Å²) in [4.78, 5) is 27.6. The zero-order valence-corrected chi connectivity index (χ0v) is 15.8. The number of likely N-dealkylation sites (tertiary alicyclic amines) is 1. The molecule has 0 spiro atoms. The van der Waals surface area contributed by atoms with Crippen molar-refractivity contribution in [1.82, 2.24) is 10.1 Å². The number of ketones is 1. The lowest BCUT2D eigenvalue weighted by Gasteiger charge is -2.32. The lowest BCUT2D eigenvalue weighted by molar-refractivity contribution is 0.0634. The number of hydrogen-bond donors (Lipinski definition) is 0. The molecule has 0 unspecified atom stereocenters. The maximum Gasteiger partial charge on any atom is 0.259 e. The van der Waals surface area contributed by atoms with Crippen molar-refractivity contribution in [2.75, 3.05) is 20.2 Å². The Morgan fingerprint density at radius 2 is 2.19 bits per heavy atom. The van der Waals surface area contributed by atoms with Crippen LogP contribution >= 0.6 is 0 Å². The molecule has 0 bridgehead atoms. The van der Waals surface area contributed by atoms with E-state index < -0.39 is 11.7 Å². The van der Waals surface area contributed by atoms with Crippen molar-refractivity contribution in [1.29, 1.82) is 0 Å². The van der Waals surface area contributed by atoms with Crippen molar-refractivity contribution >= 4 is 11.7 Å². The fraction of sp³-hybridized carbons (Fsp3) is 0.450. The minimum absolute atomic E-state index is 0.172. The molecule has 7 heteroatoms. The number of rotatable bonds is 5. The second-order valence-corrected chi connectivity index (χ2v) is 6.71. The van der Waals surface area contributed by atoms with Crippen LogP contribution in [0.15, 0.2) is 22.7 Å². The number of nitrogens with zero attached hydrogens (tertiary/aromatic N) is 2. The van der Waals surface area contributed by atoms with E-state index in [1.807, 2.05) is 6.92 Å². The SMILES string of the molecule is CCc1noc(C)c1C(=O)N1CCC[C@H](C(=O)c2cc(F)ccc2OC)C1. The van der Waals surface area contributed by atoms with Gasteiger partial charge in [0.05, 0.1) is 18.4 Å². The fourth-order valence-corrected chi connectivity index (χ4v) is 3.56. The monoisotopic (exact) mass is 374 g/mol.